The zero-order chi connectivity index (χ0) is 17.2. The summed E-state index contributed by atoms with van der Waals surface area (Å²) in [6, 6.07) is 9.31. The highest BCUT2D eigenvalue weighted by molar-refractivity contribution is 7.89. The van der Waals surface area contributed by atoms with Crippen LogP contribution in [0.25, 0.3) is 0 Å². The van der Waals surface area contributed by atoms with Crippen LogP contribution in [-0.2, 0) is 17.1 Å². The van der Waals surface area contributed by atoms with Crippen LogP contribution in [0.3, 0.4) is 0 Å². The van der Waals surface area contributed by atoms with Gasteiger partial charge >= 0.3 is 0 Å². The Labute approximate surface area is 139 Å². The number of aromatic nitrogens is 1. The summed E-state index contributed by atoms with van der Waals surface area (Å²) in [5, 5.41) is 0. The Hall–Kier alpha value is -1.63. The molecule has 2 aromatic rings. The standard InChI is InChI=1S/C17H25N3O2S/c1-13-8-9-17(14(2)11-13)23(21,22)18-12-16(19(3)4)15-7-6-10-20(15)5/h6-11,16,18H,12H2,1-5H3/t16-/m0/s1. The number of hydrogen-bond donors (Lipinski definition) is 1. The van der Waals surface area contributed by atoms with Gasteiger partial charge < -0.3 is 4.57 Å². The summed E-state index contributed by atoms with van der Waals surface area (Å²) >= 11 is 0. The number of benzene rings is 1. The van der Waals surface area contributed by atoms with Crippen LogP contribution in [0.15, 0.2) is 41.4 Å². The van der Waals surface area contributed by atoms with Gasteiger partial charge in [0.15, 0.2) is 0 Å². The molecule has 0 spiro atoms. The van der Waals surface area contributed by atoms with E-state index >= 15 is 0 Å². The fraction of sp³-hybridized carbons (Fsp3) is 0.412. The Morgan fingerprint density at radius 2 is 1.91 bits per heavy atom. The predicted molar refractivity (Wildman–Crippen MR) is 92.9 cm³/mol. The summed E-state index contributed by atoms with van der Waals surface area (Å²) in [4.78, 5) is 2.35. The Morgan fingerprint density at radius 3 is 2.43 bits per heavy atom. The molecule has 2 rings (SSSR count). The summed E-state index contributed by atoms with van der Waals surface area (Å²) in [5.41, 5.74) is 2.88. The van der Waals surface area contributed by atoms with E-state index in [1.165, 1.54) is 0 Å². The van der Waals surface area contributed by atoms with E-state index in [1.54, 1.807) is 6.07 Å². The predicted octanol–water partition coefficient (Wildman–Crippen LogP) is 2.22. The number of nitrogens with one attached hydrogen (secondary N) is 1. The first-order valence-corrected chi connectivity index (χ1v) is 9.05. The van der Waals surface area contributed by atoms with E-state index in [0.29, 0.717) is 11.4 Å². The van der Waals surface area contributed by atoms with Gasteiger partial charge in [0.25, 0.3) is 0 Å². The molecule has 1 aromatic carbocycles. The van der Waals surface area contributed by atoms with Gasteiger partial charge in [0.1, 0.15) is 0 Å². The average molecular weight is 335 g/mol. The largest absolute Gasteiger partial charge is 0.353 e. The van der Waals surface area contributed by atoms with Crippen LogP contribution >= 0.6 is 0 Å². The van der Waals surface area contributed by atoms with Crippen LogP contribution in [0.5, 0.6) is 0 Å². The molecule has 0 amide bonds. The van der Waals surface area contributed by atoms with Crippen LogP contribution in [0.4, 0.5) is 0 Å². The molecule has 0 aliphatic heterocycles. The lowest BCUT2D eigenvalue weighted by molar-refractivity contribution is 0.289. The molecule has 6 heteroatoms. The second kappa shape index (κ2) is 6.86. The van der Waals surface area contributed by atoms with Gasteiger partial charge in [0, 0.05) is 25.5 Å². The fourth-order valence-corrected chi connectivity index (χ4v) is 4.00. The second-order valence-electron chi connectivity index (χ2n) is 6.14. The van der Waals surface area contributed by atoms with Crippen LogP contribution in [0.1, 0.15) is 22.9 Å². The van der Waals surface area contributed by atoms with Crippen molar-refractivity contribution in [1.29, 1.82) is 0 Å². The molecule has 126 valence electrons. The van der Waals surface area contributed by atoms with Gasteiger partial charge in [-0.25, -0.2) is 13.1 Å². The minimum absolute atomic E-state index is 0.0319. The van der Waals surface area contributed by atoms with E-state index < -0.39 is 10.0 Å². The average Bonchev–Trinajstić information content (AvgIpc) is 2.84. The maximum Gasteiger partial charge on any atom is 0.240 e. The summed E-state index contributed by atoms with van der Waals surface area (Å²) in [5.74, 6) is 0. The van der Waals surface area contributed by atoms with Gasteiger partial charge in [0.05, 0.1) is 10.9 Å². The summed E-state index contributed by atoms with van der Waals surface area (Å²) in [6.07, 6.45) is 1.96. The smallest absolute Gasteiger partial charge is 0.240 e. The van der Waals surface area contributed by atoms with Crippen LogP contribution in [0.2, 0.25) is 0 Å². The lowest BCUT2D eigenvalue weighted by atomic mass is 10.2. The monoisotopic (exact) mass is 335 g/mol. The summed E-state index contributed by atoms with van der Waals surface area (Å²) < 4.78 is 30.0. The molecule has 0 radical (unpaired) electrons. The van der Waals surface area contributed by atoms with Crippen molar-refractivity contribution < 1.29 is 8.42 Å². The molecule has 0 aliphatic carbocycles. The zero-order valence-corrected chi connectivity index (χ0v) is 15.2. The third kappa shape index (κ3) is 4.02. The molecular weight excluding hydrogens is 310 g/mol. The maximum atomic E-state index is 12.6. The molecule has 5 nitrogen and oxygen atoms in total. The number of rotatable bonds is 6. The van der Waals surface area contributed by atoms with E-state index in [9.17, 15) is 8.42 Å². The number of sulfonamides is 1. The first-order valence-electron chi connectivity index (χ1n) is 7.57. The minimum atomic E-state index is -3.53. The number of nitrogens with zero attached hydrogens (tertiary/aromatic N) is 2. The fourth-order valence-electron chi connectivity index (χ4n) is 2.74. The lowest BCUT2D eigenvalue weighted by Gasteiger charge is -2.25. The molecule has 1 atom stereocenters. The number of aryl methyl sites for hydroxylation is 3. The minimum Gasteiger partial charge on any atom is -0.353 e. The van der Waals surface area contributed by atoms with Gasteiger partial charge in [-0.1, -0.05) is 17.7 Å². The van der Waals surface area contributed by atoms with Crippen molar-refractivity contribution in [2.24, 2.45) is 7.05 Å². The molecule has 0 unspecified atom stereocenters. The molecule has 0 aliphatic rings. The van der Waals surface area contributed by atoms with Crippen molar-refractivity contribution in [3.63, 3.8) is 0 Å². The highest BCUT2D eigenvalue weighted by atomic mass is 32.2. The Bertz CT molecular complexity index is 779. The zero-order valence-electron chi connectivity index (χ0n) is 14.4. The molecule has 0 bridgehead atoms. The van der Waals surface area contributed by atoms with E-state index in [4.69, 9.17) is 0 Å². The highest BCUT2D eigenvalue weighted by Crippen LogP contribution is 2.20. The van der Waals surface area contributed by atoms with E-state index in [0.717, 1.165) is 16.8 Å². The lowest BCUT2D eigenvalue weighted by Crippen LogP contribution is -2.35. The molecular formula is C17H25N3O2S. The van der Waals surface area contributed by atoms with Crippen molar-refractivity contribution in [3.05, 3.63) is 53.3 Å². The molecule has 1 aromatic heterocycles. The molecule has 0 saturated carbocycles. The van der Waals surface area contributed by atoms with E-state index in [-0.39, 0.29) is 6.04 Å². The van der Waals surface area contributed by atoms with Crippen molar-refractivity contribution >= 4 is 10.0 Å². The second-order valence-corrected chi connectivity index (χ2v) is 7.88. The first kappa shape index (κ1) is 17.7. The van der Waals surface area contributed by atoms with Gasteiger partial charge in [0.2, 0.25) is 10.0 Å². The first-order chi connectivity index (χ1) is 10.7. The van der Waals surface area contributed by atoms with Gasteiger partial charge in [-0.3, -0.25) is 4.90 Å². The Kier molecular flexibility index (Phi) is 5.29. The topological polar surface area (TPSA) is 54.3 Å². The van der Waals surface area contributed by atoms with Crippen molar-refractivity contribution in [3.8, 4) is 0 Å². The van der Waals surface area contributed by atoms with Crippen LogP contribution in [0, 0.1) is 13.8 Å². The molecule has 1 heterocycles. The van der Waals surface area contributed by atoms with Crippen LogP contribution < -0.4 is 4.72 Å². The van der Waals surface area contributed by atoms with Gasteiger partial charge in [-0.05, 0) is 51.7 Å². The van der Waals surface area contributed by atoms with Gasteiger partial charge in [-0.2, -0.15) is 0 Å². The number of hydrogen-bond acceptors (Lipinski definition) is 3. The maximum absolute atomic E-state index is 12.6. The summed E-state index contributed by atoms with van der Waals surface area (Å²) in [7, 11) is 2.33. The third-order valence-corrected chi connectivity index (χ3v) is 5.62. The van der Waals surface area contributed by atoms with E-state index in [1.807, 2.05) is 74.9 Å². The SMILES string of the molecule is Cc1ccc(S(=O)(=O)NC[C@@H](c2cccn2C)N(C)C)c(C)c1. The molecule has 0 fully saturated rings. The van der Waals surface area contributed by atoms with E-state index in [2.05, 4.69) is 4.72 Å². The quantitative estimate of drug-likeness (QED) is 0.881. The molecule has 0 saturated heterocycles. The van der Waals surface area contributed by atoms with Crippen molar-refractivity contribution in [2.45, 2.75) is 24.8 Å². The highest BCUT2D eigenvalue weighted by Gasteiger charge is 2.22. The Balaban J connectivity index is 2.21. The van der Waals surface area contributed by atoms with Crippen LogP contribution in [-0.4, -0.2) is 38.5 Å². The number of likely N-dealkylation sites (N-methyl/N-ethyl adjacent to an activating group) is 1. The Morgan fingerprint density at radius 1 is 1.22 bits per heavy atom. The van der Waals surface area contributed by atoms with Gasteiger partial charge in [-0.15, -0.1) is 0 Å². The normalized spacial score (nSPS) is 13.5. The molecule has 1 N–H and O–H groups in total. The van der Waals surface area contributed by atoms with Crippen molar-refractivity contribution in [1.82, 2.24) is 14.2 Å². The summed E-state index contributed by atoms with van der Waals surface area (Å²) in [6.45, 7) is 4.09. The third-order valence-electron chi connectivity index (χ3n) is 4.04. The van der Waals surface area contributed by atoms with Crippen molar-refractivity contribution in [2.75, 3.05) is 20.6 Å². The molecule has 23 heavy (non-hydrogen) atoms.